The molecule has 7 nitrogen and oxygen atoms in total. The van der Waals surface area contributed by atoms with E-state index in [1.54, 1.807) is 4.90 Å². The summed E-state index contributed by atoms with van der Waals surface area (Å²) in [4.78, 5) is 40.7. The topological polar surface area (TPSA) is 81.8 Å². The van der Waals surface area contributed by atoms with Crippen LogP contribution in [0.3, 0.4) is 0 Å². The van der Waals surface area contributed by atoms with Crippen LogP contribution < -0.4 is 10.6 Å². The van der Waals surface area contributed by atoms with Crippen molar-refractivity contribution < 1.29 is 14.4 Å². The molecule has 0 aromatic heterocycles. The van der Waals surface area contributed by atoms with Crippen LogP contribution in [-0.4, -0.2) is 46.7 Å². The van der Waals surface area contributed by atoms with E-state index < -0.39 is 6.04 Å². The van der Waals surface area contributed by atoms with E-state index in [1.807, 2.05) is 12.1 Å². The van der Waals surface area contributed by atoms with Gasteiger partial charge in [-0.15, -0.1) is 0 Å². The van der Waals surface area contributed by atoms with Gasteiger partial charge >= 0.3 is 0 Å². The molecule has 4 heterocycles. The first-order chi connectivity index (χ1) is 15.1. The standard InChI is InChI=1S/C24H24N4O3/c29-22-8-7-21(23(30)26-22)28-11-15-9-14(5-6-16(15)24(28)31)10-27-12-19-17-3-1-2-4-18(17)20(13-27)25-19/h1-6,9,19-21,25H,7-8,10-13H2,(H,26,29,30). The quantitative estimate of drug-likeness (QED) is 0.744. The zero-order valence-electron chi connectivity index (χ0n) is 17.1. The van der Waals surface area contributed by atoms with Crippen molar-refractivity contribution in [3.63, 3.8) is 0 Å². The summed E-state index contributed by atoms with van der Waals surface area (Å²) in [7, 11) is 0. The van der Waals surface area contributed by atoms with Crippen molar-refractivity contribution in [3.8, 4) is 0 Å². The van der Waals surface area contributed by atoms with Crippen LogP contribution in [0.4, 0.5) is 0 Å². The maximum Gasteiger partial charge on any atom is 0.255 e. The van der Waals surface area contributed by atoms with E-state index in [1.165, 1.54) is 16.7 Å². The molecule has 0 spiro atoms. The molecule has 0 radical (unpaired) electrons. The van der Waals surface area contributed by atoms with Gasteiger partial charge in [0, 0.05) is 50.2 Å². The summed E-state index contributed by atoms with van der Waals surface area (Å²) < 4.78 is 0. The maximum atomic E-state index is 12.9. The van der Waals surface area contributed by atoms with Gasteiger partial charge in [0.25, 0.3) is 5.91 Å². The Hall–Kier alpha value is -3.03. The lowest BCUT2D eigenvalue weighted by Crippen LogP contribution is -2.52. The molecule has 2 N–H and O–H groups in total. The van der Waals surface area contributed by atoms with Crippen molar-refractivity contribution in [2.75, 3.05) is 13.1 Å². The molecule has 2 aromatic carbocycles. The maximum absolute atomic E-state index is 12.9. The number of benzene rings is 2. The molecule has 2 aromatic rings. The molecule has 3 atom stereocenters. The molecule has 2 bridgehead atoms. The van der Waals surface area contributed by atoms with Gasteiger partial charge in [0.2, 0.25) is 11.8 Å². The highest BCUT2D eigenvalue weighted by atomic mass is 16.2. The number of hydrogen-bond acceptors (Lipinski definition) is 5. The summed E-state index contributed by atoms with van der Waals surface area (Å²) in [6.45, 7) is 3.19. The Morgan fingerprint density at radius 3 is 2.42 bits per heavy atom. The average molecular weight is 416 g/mol. The number of carbonyl (C=O) groups excluding carboxylic acids is 3. The summed E-state index contributed by atoms with van der Waals surface area (Å²) in [5.74, 6) is -0.750. The van der Waals surface area contributed by atoms with Crippen LogP contribution in [0, 0.1) is 0 Å². The number of nitrogens with one attached hydrogen (secondary N) is 2. The second-order valence-electron chi connectivity index (χ2n) is 8.99. The Morgan fingerprint density at radius 2 is 1.71 bits per heavy atom. The SMILES string of the molecule is O=C1CCC(N2Cc3cc(CN4CC5NC(C4)c4ccccc45)ccc3C2=O)C(=O)N1. The van der Waals surface area contributed by atoms with E-state index in [0.717, 1.165) is 25.2 Å². The summed E-state index contributed by atoms with van der Waals surface area (Å²) in [5, 5.41) is 6.07. The van der Waals surface area contributed by atoms with E-state index in [-0.39, 0.29) is 24.1 Å². The molecule has 0 saturated carbocycles. The van der Waals surface area contributed by atoms with Crippen LogP contribution in [0.5, 0.6) is 0 Å². The van der Waals surface area contributed by atoms with Crippen LogP contribution >= 0.6 is 0 Å². The van der Waals surface area contributed by atoms with Gasteiger partial charge < -0.3 is 10.2 Å². The molecule has 3 unspecified atom stereocenters. The van der Waals surface area contributed by atoms with Crippen molar-refractivity contribution in [1.82, 2.24) is 20.4 Å². The number of fused-ring (bicyclic) bond motifs is 6. The molecule has 2 fully saturated rings. The van der Waals surface area contributed by atoms with Gasteiger partial charge in [-0.25, -0.2) is 0 Å². The third kappa shape index (κ3) is 3.07. The van der Waals surface area contributed by atoms with Gasteiger partial charge in [0.15, 0.2) is 0 Å². The van der Waals surface area contributed by atoms with Crippen LogP contribution in [0.1, 0.15) is 57.5 Å². The second kappa shape index (κ2) is 7.00. The lowest BCUT2D eigenvalue weighted by atomic mass is 10.0. The fourth-order valence-corrected chi connectivity index (χ4v) is 5.57. The van der Waals surface area contributed by atoms with Crippen LogP contribution in [0.25, 0.3) is 0 Å². The first-order valence-electron chi connectivity index (χ1n) is 10.9. The number of amides is 3. The lowest BCUT2D eigenvalue weighted by molar-refractivity contribution is -0.136. The van der Waals surface area contributed by atoms with Gasteiger partial charge in [-0.05, 0) is 34.7 Å². The van der Waals surface area contributed by atoms with Gasteiger partial charge in [0.1, 0.15) is 6.04 Å². The van der Waals surface area contributed by atoms with E-state index in [4.69, 9.17) is 0 Å². The van der Waals surface area contributed by atoms with Gasteiger partial charge in [-0.3, -0.25) is 24.6 Å². The number of nitrogens with zero attached hydrogens (tertiary/aromatic N) is 2. The number of hydrogen-bond donors (Lipinski definition) is 2. The first-order valence-corrected chi connectivity index (χ1v) is 10.9. The lowest BCUT2D eigenvalue weighted by Gasteiger charge is -2.33. The van der Waals surface area contributed by atoms with Gasteiger partial charge in [0.05, 0.1) is 0 Å². The minimum absolute atomic E-state index is 0.119. The Balaban J connectivity index is 1.17. The Kier molecular flexibility index (Phi) is 4.23. The minimum atomic E-state index is -0.566. The first kappa shape index (κ1) is 18.7. The van der Waals surface area contributed by atoms with E-state index >= 15 is 0 Å². The highest BCUT2D eigenvalue weighted by Crippen LogP contribution is 2.38. The van der Waals surface area contributed by atoms with E-state index in [9.17, 15) is 14.4 Å². The number of rotatable bonds is 3. The van der Waals surface area contributed by atoms with Gasteiger partial charge in [-0.1, -0.05) is 36.4 Å². The van der Waals surface area contributed by atoms with Crippen LogP contribution in [0.2, 0.25) is 0 Å². The molecule has 2 saturated heterocycles. The molecule has 4 aliphatic rings. The summed E-state index contributed by atoms with van der Waals surface area (Å²) >= 11 is 0. The fraction of sp³-hybridized carbons (Fsp3) is 0.375. The highest BCUT2D eigenvalue weighted by molar-refractivity contribution is 6.05. The predicted octanol–water partition coefficient (Wildman–Crippen LogP) is 1.65. The molecule has 7 heteroatoms. The highest BCUT2D eigenvalue weighted by Gasteiger charge is 2.40. The van der Waals surface area contributed by atoms with Crippen LogP contribution in [-0.2, 0) is 22.7 Å². The van der Waals surface area contributed by atoms with E-state index in [2.05, 4.69) is 45.9 Å². The zero-order valence-corrected chi connectivity index (χ0v) is 17.1. The molecular weight excluding hydrogens is 392 g/mol. The zero-order chi connectivity index (χ0) is 21.1. The van der Waals surface area contributed by atoms with Crippen molar-refractivity contribution in [2.45, 2.75) is 44.1 Å². The van der Waals surface area contributed by atoms with Crippen molar-refractivity contribution >= 4 is 17.7 Å². The summed E-state index contributed by atoms with van der Waals surface area (Å²) in [5.41, 5.74) is 5.64. The van der Waals surface area contributed by atoms with Crippen molar-refractivity contribution in [1.29, 1.82) is 0 Å². The third-order valence-electron chi connectivity index (χ3n) is 7.02. The minimum Gasteiger partial charge on any atom is -0.322 e. The summed E-state index contributed by atoms with van der Waals surface area (Å²) in [6.07, 6.45) is 0.664. The average Bonchev–Trinajstić information content (AvgIpc) is 3.22. The van der Waals surface area contributed by atoms with Crippen LogP contribution in [0.15, 0.2) is 42.5 Å². The molecule has 3 amide bonds. The predicted molar refractivity (Wildman–Crippen MR) is 113 cm³/mol. The van der Waals surface area contributed by atoms with E-state index in [0.29, 0.717) is 30.6 Å². The number of piperidine rings is 1. The number of piperazine rings is 1. The Labute approximate surface area is 180 Å². The smallest absolute Gasteiger partial charge is 0.255 e. The summed E-state index contributed by atoms with van der Waals surface area (Å²) in [6, 6.07) is 14.9. The molecule has 158 valence electrons. The fourth-order valence-electron chi connectivity index (χ4n) is 5.57. The normalized spacial score (nSPS) is 27.3. The van der Waals surface area contributed by atoms with Gasteiger partial charge in [-0.2, -0.15) is 0 Å². The third-order valence-corrected chi connectivity index (χ3v) is 7.02. The monoisotopic (exact) mass is 416 g/mol. The molecule has 0 aliphatic carbocycles. The second-order valence-corrected chi connectivity index (χ2v) is 8.99. The molecule has 4 aliphatic heterocycles. The Bertz CT molecular complexity index is 1080. The molecule has 6 rings (SSSR count). The largest absolute Gasteiger partial charge is 0.322 e. The molecule has 31 heavy (non-hydrogen) atoms. The number of carbonyl (C=O) groups is 3. The molecular formula is C24H24N4O3. The van der Waals surface area contributed by atoms with Crippen molar-refractivity contribution in [2.24, 2.45) is 0 Å². The number of imide groups is 1. The van der Waals surface area contributed by atoms with Crippen molar-refractivity contribution in [3.05, 3.63) is 70.3 Å². The Morgan fingerprint density at radius 1 is 0.968 bits per heavy atom.